The van der Waals surface area contributed by atoms with Crippen LogP contribution in [0.2, 0.25) is 0 Å². The zero-order valence-corrected chi connectivity index (χ0v) is 12.4. The van der Waals surface area contributed by atoms with Crippen LogP contribution in [-0.4, -0.2) is 30.0 Å². The number of benzene rings is 1. The number of nitro groups is 1. The summed E-state index contributed by atoms with van der Waals surface area (Å²) in [4.78, 5) is 20.3. The predicted octanol–water partition coefficient (Wildman–Crippen LogP) is 1.52. The summed E-state index contributed by atoms with van der Waals surface area (Å²) >= 11 is 0. The Morgan fingerprint density at radius 1 is 1.43 bits per heavy atom. The lowest BCUT2D eigenvalue weighted by Crippen LogP contribution is -2.43. The number of rotatable bonds is 7. The van der Waals surface area contributed by atoms with E-state index in [1.165, 1.54) is 18.2 Å². The van der Waals surface area contributed by atoms with Gasteiger partial charge in [0.1, 0.15) is 0 Å². The third kappa shape index (κ3) is 5.12. The van der Waals surface area contributed by atoms with Crippen LogP contribution in [0.4, 0.5) is 5.69 Å². The van der Waals surface area contributed by atoms with E-state index >= 15 is 0 Å². The van der Waals surface area contributed by atoms with Gasteiger partial charge >= 0.3 is 5.97 Å². The summed E-state index contributed by atoms with van der Waals surface area (Å²) in [5.41, 5.74) is -1.32. The largest absolute Gasteiger partial charge is 0.481 e. The number of hydrogen-bond acceptors (Lipinski definition) is 5. The van der Waals surface area contributed by atoms with Crippen molar-refractivity contribution in [3.8, 4) is 0 Å². The Hall–Kier alpha value is -2.00. The maximum absolute atomic E-state index is 12.2. The molecule has 8 nitrogen and oxygen atoms in total. The van der Waals surface area contributed by atoms with E-state index < -0.39 is 26.5 Å². The fraction of sp³-hybridized carbons (Fsp3) is 0.417. The zero-order chi connectivity index (χ0) is 16.3. The molecule has 0 fully saturated rings. The molecule has 2 N–H and O–H groups in total. The molecule has 0 radical (unpaired) electrons. The highest BCUT2D eigenvalue weighted by molar-refractivity contribution is 7.89. The Morgan fingerprint density at radius 2 is 2.05 bits per heavy atom. The Morgan fingerprint density at radius 3 is 2.57 bits per heavy atom. The van der Waals surface area contributed by atoms with Crippen LogP contribution in [0.5, 0.6) is 0 Å². The first-order valence-electron chi connectivity index (χ1n) is 6.04. The Balaban J connectivity index is 2.98. The van der Waals surface area contributed by atoms with Gasteiger partial charge in [0.2, 0.25) is 10.0 Å². The second-order valence-electron chi connectivity index (χ2n) is 5.14. The number of nitro benzene ring substituents is 1. The summed E-state index contributed by atoms with van der Waals surface area (Å²) < 4.78 is 26.7. The molecule has 1 aromatic rings. The highest BCUT2D eigenvalue weighted by Gasteiger charge is 2.27. The lowest BCUT2D eigenvalue weighted by molar-refractivity contribution is -0.385. The van der Waals surface area contributed by atoms with Crippen molar-refractivity contribution in [3.05, 3.63) is 34.4 Å². The number of hydrogen-bond donors (Lipinski definition) is 2. The van der Waals surface area contributed by atoms with Crippen molar-refractivity contribution >= 4 is 21.7 Å². The first-order valence-corrected chi connectivity index (χ1v) is 7.52. The van der Waals surface area contributed by atoms with Crippen LogP contribution in [0.1, 0.15) is 26.7 Å². The summed E-state index contributed by atoms with van der Waals surface area (Å²) in [6.45, 7) is 3.09. The van der Waals surface area contributed by atoms with E-state index in [9.17, 15) is 23.3 Å². The Labute approximate surface area is 122 Å². The molecule has 1 aromatic carbocycles. The quantitative estimate of drug-likeness (QED) is 0.580. The minimum Gasteiger partial charge on any atom is -0.481 e. The normalized spacial score (nSPS) is 12.1. The molecule has 0 heterocycles. The van der Waals surface area contributed by atoms with Gasteiger partial charge in [-0.3, -0.25) is 14.9 Å². The van der Waals surface area contributed by atoms with Crippen molar-refractivity contribution in [2.24, 2.45) is 0 Å². The van der Waals surface area contributed by atoms with Gasteiger partial charge in [-0.1, -0.05) is 6.07 Å². The molecular formula is C12H16N2O6S. The van der Waals surface area contributed by atoms with Gasteiger partial charge in [-0.2, -0.15) is 0 Å². The first kappa shape index (κ1) is 17.1. The molecule has 0 amide bonds. The van der Waals surface area contributed by atoms with Crippen molar-refractivity contribution in [2.45, 2.75) is 37.1 Å². The molecule has 1 rings (SSSR count). The number of carboxylic acids is 1. The van der Waals surface area contributed by atoms with Crippen molar-refractivity contribution in [1.29, 1.82) is 0 Å². The first-order chi connectivity index (χ1) is 9.53. The summed E-state index contributed by atoms with van der Waals surface area (Å²) in [7, 11) is -3.97. The molecule has 0 atom stereocenters. The standard InChI is InChI=1S/C12H16N2O6S/c1-12(2,7-6-11(15)16)13-21(19,20)10-5-3-4-9(8-10)14(17)18/h3-5,8,13H,6-7H2,1-2H3,(H,15,16). The number of carboxylic acid groups (broad SMARTS) is 1. The van der Waals surface area contributed by atoms with E-state index in [-0.39, 0.29) is 23.4 Å². The van der Waals surface area contributed by atoms with E-state index in [1.807, 2.05) is 0 Å². The lowest BCUT2D eigenvalue weighted by Gasteiger charge is -2.25. The van der Waals surface area contributed by atoms with E-state index in [2.05, 4.69) is 4.72 Å². The molecule has 0 aromatic heterocycles. The van der Waals surface area contributed by atoms with Crippen LogP contribution in [0.25, 0.3) is 0 Å². The van der Waals surface area contributed by atoms with Crippen molar-refractivity contribution in [1.82, 2.24) is 4.72 Å². The summed E-state index contributed by atoms with van der Waals surface area (Å²) in [5, 5.41) is 19.3. The van der Waals surface area contributed by atoms with Crippen LogP contribution < -0.4 is 4.72 Å². The van der Waals surface area contributed by atoms with Crippen molar-refractivity contribution < 1.29 is 23.2 Å². The monoisotopic (exact) mass is 316 g/mol. The minimum atomic E-state index is -3.97. The fourth-order valence-corrected chi connectivity index (χ4v) is 3.14. The average Bonchev–Trinajstić information content (AvgIpc) is 2.35. The Kier molecular flexibility index (Phi) is 5.02. The van der Waals surface area contributed by atoms with E-state index in [4.69, 9.17) is 5.11 Å². The molecule has 0 saturated carbocycles. The summed E-state index contributed by atoms with van der Waals surface area (Å²) in [6, 6.07) is 4.66. The topological polar surface area (TPSA) is 127 Å². The Bertz CT molecular complexity index is 653. The summed E-state index contributed by atoms with van der Waals surface area (Å²) in [5.74, 6) is -1.03. The van der Waals surface area contributed by atoms with Gasteiger partial charge in [0.25, 0.3) is 5.69 Å². The number of aliphatic carboxylic acids is 1. The average molecular weight is 316 g/mol. The van der Waals surface area contributed by atoms with Crippen molar-refractivity contribution in [2.75, 3.05) is 0 Å². The SMILES string of the molecule is CC(C)(CCC(=O)O)NS(=O)(=O)c1cccc([N+](=O)[O-])c1. The van der Waals surface area contributed by atoms with E-state index in [1.54, 1.807) is 13.8 Å². The highest BCUT2D eigenvalue weighted by atomic mass is 32.2. The molecule has 0 bridgehead atoms. The maximum atomic E-state index is 12.2. The molecule has 0 saturated heterocycles. The molecule has 116 valence electrons. The maximum Gasteiger partial charge on any atom is 0.303 e. The smallest absolute Gasteiger partial charge is 0.303 e. The third-order valence-electron chi connectivity index (χ3n) is 2.71. The van der Waals surface area contributed by atoms with Crippen LogP contribution >= 0.6 is 0 Å². The van der Waals surface area contributed by atoms with Gasteiger partial charge in [-0.15, -0.1) is 0 Å². The van der Waals surface area contributed by atoms with Gasteiger partial charge in [0.05, 0.1) is 9.82 Å². The number of sulfonamides is 1. The number of nitrogens with one attached hydrogen (secondary N) is 1. The molecule has 0 spiro atoms. The van der Waals surface area contributed by atoms with Crippen LogP contribution in [0.15, 0.2) is 29.2 Å². The number of non-ortho nitro benzene ring substituents is 1. The predicted molar refractivity (Wildman–Crippen MR) is 74.4 cm³/mol. The molecule has 0 aliphatic carbocycles. The molecule has 0 unspecified atom stereocenters. The second kappa shape index (κ2) is 6.19. The molecule has 21 heavy (non-hydrogen) atoms. The molecule has 0 aliphatic heterocycles. The van der Waals surface area contributed by atoms with Gasteiger partial charge in [0, 0.05) is 24.1 Å². The third-order valence-corrected chi connectivity index (χ3v) is 4.41. The van der Waals surface area contributed by atoms with E-state index in [0.717, 1.165) is 6.07 Å². The van der Waals surface area contributed by atoms with Crippen molar-refractivity contribution in [3.63, 3.8) is 0 Å². The number of nitrogens with zero attached hydrogens (tertiary/aromatic N) is 1. The van der Waals surface area contributed by atoms with E-state index in [0.29, 0.717) is 0 Å². The van der Waals surface area contributed by atoms with Gasteiger partial charge in [-0.25, -0.2) is 13.1 Å². The second-order valence-corrected chi connectivity index (χ2v) is 6.82. The number of carbonyl (C=O) groups is 1. The summed E-state index contributed by atoms with van der Waals surface area (Å²) in [6.07, 6.45) is -0.0963. The van der Waals surface area contributed by atoms with Gasteiger partial charge < -0.3 is 5.11 Å². The molecular weight excluding hydrogens is 300 g/mol. The van der Waals surface area contributed by atoms with Crippen LogP contribution in [0, 0.1) is 10.1 Å². The molecule has 9 heteroatoms. The van der Waals surface area contributed by atoms with Crippen LogP contribution in [0.3, 0.4) is 0 Å². The van der Waals surface area contributed by atoms with Crippen LogP contribution in [-0.2, 0) is 14.8 Å². The molecule has 0 aliphatic rings. The van der Waals surface area contributed by atoms with Gasteiger partial charge in [0.15, 0.2) is 0 Å². The highest BCUT2D eigenvalue weighted by Crippen LogP contribution is 2.20. The minimum absolute atomic E-state index is 0.0937. The zero-order valence-electron chi connectivity index (χ0n) is 11.6. The fourth-order valence-electron chi connectivity index (χ4n) is 1.66. The lowest BCUT2D eigenvalue weighted by atomic mass is 10.0. The van der Waals surface area contributed by atoms with Gasteiger partial charge in [-0.05, 0) is 26.3 Å².